The maximum atomic E-state index is 12.5. The summed E-state index contributed by atoms with van der Waals surface area (Å²) in [5.41, 5.74) is 0.885. The molecule has 150 valence electrons. The summed E-state index contributed by atoms with van der Waals surface area (Å²) >= 11 is 0. The number of anilines is 1. The van der Waals surface area contributed by atoms with Gasteiger partial charge >= 0.3 is 0 Å². The van der Waals surface area contributed by atoms with E-state index in [-0.39, 0.29) is 12.5 Å². The maximum absolute atomic E-state index is 12.5. The molecule has 2 N–H and O–H groups in total. The van der Waals surface area contributed by atoms with Crippen LogP contribution in [-0.2, 0) is 4.79 Å². The number of benzene rings is 2. The van der Waals surface area contributed by atoms with Crippen molar-refractivity contribution in [2.45, 2.75) is 31.7 Å². The van der Waals surface area contributed by atoms with Crippen molar-refractivity contribution in [3.63, 3.8) is 0 Å². The molecular weight excluding hydrogens is 350 g/mol. The minimum atomic E-state index is 0.0653. The molecule has 1 saturated heterocycles. The molecule has 4 rings (SSSR count). The first-order valence-corrected chi connectivity index (χ1v) is 10.6. The standard InChI is InChI=1S/C23H31N3O2/c27-15-11-20-17-25(13-14-26(20)16-18-8-9-18)12-10-23(28)24-22-7-3-5-19-4-1-2-6-21(19)22/h1-7,18,20,27H,8-17H2,(H,24,28)/t20-/m0/s1. The van der Waals surface area contributed by atoms with E-state index in [4.69, 9.17) is 0 Å². The Kier molecular flexibility index (Phi) is 6.25. The highest BCUT2D eigenvalue weighted by Gasteiger charge is 2.31. The van der Waals surface area contributed by atoms with Crippen LogP contribution in [0.5, 0.6) is 0 Å². The van der Waals surface area contributed by atoms with E-state index in [0.717, 1.165) is 55.0 Å². The van der Waals surface area contributed by atoms with Crippen LogP contribution in [0.15, 0.2) is 42.5 Å². The second-order valence-electron chi connectivity index (χ2n) is 8.23. The Balaban J connectivity index is 1.29. The molecule has 5 nitrogen and oxygen atoms in total. The number of aliphatic hydroxyl groups is 1. The van der Waals surface area contributed by atoms with E-state index in [1.165, 1.54) is 19.4 Å². The zero-order chi connectivity index (χ0) is 19.3. The fourth-order valence-corrected chi connectivity index (χ4v) is 4.26. The van der Waals surface area contributed by atoms with Gasteiger partial charge in [0.1, 0.15) is 0 Å². The minimum Gasteiger partial charge on any atom is -0.396 e. The van der Waals surface area contributed by atoms with Gasteiger partial charge in [0.15, 0.2) is 0 Å². The average Bonchev–Trinajstić information content (AvgIpc) is 3.53. The fraction of sp³-hybridized carbons (Fsp3) is 0.522. The second-order valence-corrected chi connectivity index (χ2v) is 8.23. The van der Waals surface area contributed by atoms with Gasteiger partial charge in [-0.25, -0.2) is 0 Å². The van der Waals surface area contributed by atoms with Gasteiger partial charge in [-0.05, 0) is 36.6 Å². The predicted octanol–water partition coefficient (Wildman–Crippen LogP) is 2.95. The van der Waals surface area contributed by atoms with Crippen molar-refractivity contribution in [2.24, 2.45) is 5.92 Å². The van der Waals surface area contributed by atoms with Crippen LogP contribution in [-0.4, -0.2) is 66.2 Å². The van der Waals surface area contributed by atoms with Gasteiger partial charge < -0.3 is 10.4 Å². The van der Waals surface area contributed by atoms with Crippen LogP contribution < -0.4 is 5.32 Å². The van der Waals surface area contributed by atoms with Crippen molar-refractivity contribution in [3.05, 3.63) is 42.5 Å². The first kappa shape index (κ1) is 19.4. The zero-order valence-electron chi connectivity index (χ0n) is 16.5. The normalized spacial score (nSPS) is 21.1. The number of piperazine rings is 1. The number of nitrogens with zero attached hydrogens (tertiary/aromatic N) is 2. The third-order valence-corrected chi connectivity index (χ3v) is 6.06. The third kappa shape index (κ3) is 4.90. The Morgan fingerprint density at radius 1 is 1.11 bits per heavy atom. The molecule has 5 heteroatoms. The molecule has 2 aromatic rings. The monoisotopic (exact) mass is 381 g/mol. The van der Waals surface area contributed by atoms with E-state index in [1.807, 2.05) is 30.3 Å². The largest absolute Gasteiger partial charge is 0.396 e. The van der Waals surface area contributed by atoms with Gasteiger partial charge in [-0.1, -0.05) is 36.4 Å². The molecular formula is C23H31N3O2. The van der Waals surface area contributed by atoms with Crippen molar-refractivity contribution < 1.29 is 9.90 Å². The van der Waals surface area contributed by atoms with Gasteiger partial charge in [0.25, 0.3) is 0 Å². The van der Waals surface area contributed by atoms with Crippen LogP contribution in [0.4, 0.5) is 5.69 Å². The Bertz CT molecular complexity index is 800. The van der Waals surface area contributed by atoms with Crippen LogP contribution in [0.3, 0.4) is 0 Å². The maximum Gasteiger partial charge on any atom is 0.225 e. The molecule has 1 saturated carbocycles. The van der Waals surface area contributed by atoms with E-state index in [2.05, 4.69) is 27.2 Å². The number of rotatable bonds is 8. The van der Waals surface area contributed by atoms with Gasteiger partial charge in [-0.15, -0.1) is 0 Å². The molecule has 2 aromatic carbocycles. The number of hydrogen-bond acceptors (Lipinski definition) is 4. The Morgan fingerprint density at radius 2 is 1.93 bits per heavy atom. The van der Waals surface area contributed by atoms with Crippen molar-refractivity contribution in [2.75, 3.05) is 44.6 Å². The summed E-state index contributed by atoms with van der Waals surface area (Å²) < 4.78 is 0. The van der Waals surface area contributed by atoms with Crippen LogP contribution in [0, 0.1) is 5.92 Å². The van der Waals surface area contributed by atoms with Crippen LogP contribution in [0.1, 0.15) is 25.7 Å². The van der Waals surface area contributed by atoms with Crippen LogP contribution in [0.2, 0.25) is 0 Å². The number of nitrogens with one attached hydrogen (secondary N) is 1. The highest BCUT2D eigenvalue weighted by Crippen LogP contribution is 2.31. The molecule has 0 aromatic heterocycles. The van der Waals surface area contributed by atoms with Crippen LogP contribution >= 0.6 is 0 Å². The van der Waals surface area contributed by atoms with Crippen LogP contribution in [0.25, 0.3) is 10.8 Å². The number of hydrogen-bond donors (Lipinski definition) is 2. The fourth-order valence-electron chi connectivity index (χ4n) is 4.26. The summed E-state index contributed by atoms with van der Waals surface area (Å²) in [6, 6.07) is 14.6. The summed E-state index contributed by atoms with van der Waals surface area (Å²) in [6.07, 6.45) is 4.05. The van der Waals surface area contributed by atoms with Crippen molar-refractivity contribution in [1.29, 1.82) is 0 Å². The lowest BCUT2D eigenvalue weighted by Gasteiger charge is -2.41. The van der Waals surface area contributed by atoms with E-state index < -0.39 is 0 Å². The topological polar surface area (TPSA) is 55.8 Å². The Labute approximate surface area is 167 Å². The minimum absolute atomic E-state index is 0.0653. The number of carbonyl (C=O) groups excluding carboxylic acids is 1. The third-order valence-electron chi connectivity index (χ3n) is 6.06. The molecule has 28 heavy (non-hydrogen) atoms. The first-order valence-electron chi connectivity index (χ1n) is 10.6. The quantitative estimate of drug-likeness (QED) is 0.738. The van der Waals surface area contributed by atoms with E-state index >= 15 is 0 Å². The lowest BCUT2D eigenvalue weighted by molar-refractivity contribution is -0.116. The Morgan fingerprint density at radius 3 is 2.75 bits per heavy atom. The number of fused-ring (bicyclic) bond motifs is 1. The highest BCUT2D eigenvalue weighted by atomic mass is 16.3. The molecule has 2 fully saturated rings. The highest BCUT2D eigenvalue weighted by molar-refractivity contribution is 6.02. The van der Waals surface area contributed by atoms with E-state index in [9.17, 15) is 9.90 Å². The molecule has 0 spiro atoms. The number of amides is 1. The lowest BCUT2D eigenvalue weighted by Crippen LogP contribution is -2.54. The summed E-state index contributed by atoms with van der Waals surface area (Å²) in [5, 5.41) is 14.7. The molecule has 0 radical (unpaired) electrons. The second kappa shape index (κ2) is 9.03. The van der Waals surface area contributed by atoms with E-state index in [1.54, 1.807) is 0 Å². The summed E-state index contributed by atoms with van der Waals surface area (Å²) in [4.78, 5) is 17.5. The Hall–Kier alpha value is -1.95. The molecule has 1 atom stereocenters. The zero-order valence-corrected chi connectivity index (χ0v) is 16.5. The lowest BCUT2D eigenvalue weighted by atomic mass is 10.1. The summed E-state index contributed by atoms with van der Waals surface area (Å²) in [5.74, 6) is 0.940. The van der Waals surface area contributed by atoms with Gasteiger partial charge in [-0.2, -0.15) is 0 Å². The van der Waals surface area contributed by atoms with Gasteiger partial charge in [0.2, 0.25) is 5.91 Å². The molecule has 0 bridgehead atoms. The molecule has 1 amide bonds. The van der Waals surface area contributed by atoms with Gasteiger partial charge in [0, 0.05) is 62.9 Å². The molecule has 2 aliphatic rings. The van der Waals surface area contributed by atoms with Crippen molar-refractivity contribution >= 4 is 22.4 Å². The number of carbonyl (C=O) groups is 1. The van der Waals surface area contributed by atoms with Crippen molar-refractivity contribution in [1.82, 2.24) is 9.80 Å². The summed E-state index contributed by atoms with van der Waals surface area (Å²) in [6.45, 7) is 5.20. The number of aliphatic hydroxyl groups excluding tert-OH is 1. The predicted molar refractivity (Wildman–Crippen MR) is 113 cm³/mol. The first-order chi connectivity index (χ1) is 13.7. The molecule has 1 heterocycles. The van der Waals surface area contributed by atoms with Gasteiger partial charge in [0.05, 0.1) is 0 Å². The van der Waals surface area contributed by atoms with E-state index in [0.29, 0.717) is 12.5 Å². The van der Waals surface area contributed by atoms with Crippen molar-refractivity contribution in [3.8, 4) is 0 Å². The average molecular weight is 382 g/mol. The van der Waals surface area contributed by atoms with Gasteiger partial charge in [-0.3, -0.25) is 14.6 Å². The smallest absolute Gasteiger partial charge is 0.225 e. The molecule has 1 aliphatic heterocycles. The molecule has 0 unspecified atom stereocenters. The summed E-state index contributed by atoms with van der Waals surface area (Å²) in [7, 11) is 0. The SMILES string of the molecule is O=C(CCN1CCN(CC2CC2)[C@@H](CCO)C1)Nc1cccc2ccccc12. The molecule has 1 aliphatic carbocycles.